The van der Waals surface area contributed by atoms with Gasteiger partial charge in [0.25, 0.3) is 0 Å². The molecule has 0 saturated heterocycles. The van der Waals surface area contributed by atoms with E-state index in [9.17, 15) is 4.79 Å². The summed E-state index contributed by atoms with van der Waals surface area (Å²) in [5.74, 6) is 2.79. The van der Waals surface area contributed by atoms with Crippen molar-refractivity contribution in [2.45, 2.75) is 85.2 Å². The highest BCUT2D eigenvalue weighted by atomic mass is 16.6. The van der Waals surface area contributed by atoms with Crippen LogP contribution in [-0.2, 0) is 19.2 Å². The summed E-state index contributed by atoms with van der Waals surface area (Å²) >= 11 is 0. The lowest BCUT2D eigenvalue weighted by Crippen LogP contribution is -2.54. The van der Waals surface area contributed by atoms with E-state index in [-0.39, 0.29) is 23.4 Å². The first kappa shape index (κ1) is 22.6. The van der Waals surface area contributed by atoms with Crippen LogP contribution in [0.1, 0.15) is 79.1 Å². The molecule has 0 radical (unpaired) electrons. The molecule has 0 aromatic heterocycles. The molecule has 4 saturated carbocycles. The topological polar surface area (TPSA) is 69.5 Å². The van der Waals surface area contributed by atoms with Crippen LogP contribution in [0.5, 0.6) is 0 Å². The number of esters is 1. The molecule has 0 aromatic carbocycles. The summed E-state index contributed by atoms with van der Waals surface area (Å²) in [6.45, 7) is 8.61. The smallest absolute Gasteiger partial charge is 0.302 e. The van der Waals surface area contributed by atoms with E-state index in [1.54, 1.807) is 14.2 Å². The first-order valence-corrected chi connectivity index (χ1v) is 12.1. The number of carbonyl (C=O) groups excluding carboxylic acids is 1. The molecule has 0 heterocycles. The number of oxime groups is 2. The van der Waals surface area contributed by atoms with E-state index in [1.165, 1.54) is 39.0 Å². The second-order valence-electron chi connectivity index (χ2n) is 11.0. The number of hydrogen-bond donors (Lipinski definition) is 0. The highest BCUT2D eigenvalue weighted by Crippen LogP contribution is 2.67. The molecule has 6 heteroatoms. The van der Waals surface area contributed by atoms with Crippen LogP contribution in [0.2, 0.25) is 0 Å². The van der Waals surface area contributed by atoms with Crippen molar-refractivity contribution >= 4 is 17.4 Å². The van der Waals surface area contributed by atoms with Crippen molar-refractivity contribution in [3.8, 4) is 0 Å². The number of rotatable bonds is 4. The summed E-state index contributed by atoms with van der Waals surface area (Å²) in [5.41, 5.74) is 2.67. The average Bonchev–Trinajstić information content (AvgIpc) is 3.00. The third-order valence-electron chi connectivity index (χ3n) is 9.67. The Balaban J connectivity index is 1.60. The fourth-order valence-electron chi connectivity index (χ4n) is 8.50. The molecular formula is C25H40N2O4. The number of carbonyl (C=O) groups is 1. The zero-order valence-electron chi connectivity index (χ0n) is 20.1. The van der Waals surface area contributed by atoms with Gasteiger partial charge in [-0.2, -0.15) is 0 Å². The molecule has 4 rings (SSSR count). The standard InChI is InChI=1S/C25H40N2O4/c1-15(26-29-5)23-22(27-30-6)14-21-19-8-7-17-13-18(31-16(2)28)9-11-24(17,3)20(19)10-12-25(21,23)4/h17-21,23H,7-14H2,1-6H3/b26-15-,27-22-/t17-,18-,19-,20+,21+,23+,24+,25+/m1/s1. The third-order valence-corrected chi connectivity index (χ3v) is 9.67. The summed E-state index contributed by atoms with van der Waals surface area (Å²) < 4.78 is 5.62. The Morgan fingerprint density at radius 2 is 1.71 bits per heavy atom. The van der Waals surface area contributed by atoms with E-state index in [0.29, 0.717) is 23.2 Å². The van der Waals surface area contributed by atoms with Crippen LogP contribution in [0.15, 0.2) is 10.3 Å². The summed E-state index contributed by atoms with van der Waals surface area (Å²) in [6, 6.07) is 0. The third kappa shape index (κ3) is 3.68. The first-order chi connectivity index (χ1) is 14.7. The molecule has 8 atom stereocenters. The number of hydrogen-bond acceptors (Lipinski definition) is 6. The van der Waals surface area contributed by atoms with Gasteiger partial charge in [0.15, 0.2) is 0 Å². The Bertz CT molecular complexity index is 765. The van der Waals surface area contributed by atoms with Gasteiger partial charge in [0, 0.05) is 12.8 Å². The van der Waals surface area contributed by atoms with E-state index >= 15 is 0 Å². The maximum Gasteiger partial charge on any atom is 0.302 e. The predicted molar refractivity (Wildman–Crippen MR) is 121 cm³/mol. The Kier molecular flexibility index (Phi) is 6.12. The summed E-state index contributed by atoms with van der Waals surface area (Å²) in [5, 5.41) is 8.81. The van der Waals surface area contributed by atoms with E-state index in [2.05, 4.69) is 31.1 Å². The van der Waals surface area contributed by atoms with Crippen LogP contribution in [-0.4, -0.2) is 37.7 Å². The van der Waals surface area contributed by atoms with Crippen LogP contribution >= 0.6 is 0 Å². The minimum Gasteiger partial charge on any atom is -0.463 e. The lowest BCUT2D eigenvalue weighted by molar-refractivity contribution is -0.159. The monoisotopic (exact) mass is 432 g/mol. The van der Waals surface area contributed by atoms with Gasteiger partial charge in [0.05, 0.1) is 11.4 Å². The number of nitrogens with zero attached hydrogens (tertiary/aromatic N) is 2. The largest absolute Gasteiger partial charge is 0.463 e. The maximum absolute atomic E-state index is 11.5. The minimum atomic E-state index is -0.134. The molecule has 0 aromatic rings. The summed E-state index contributed by atoms with van der Waals surface area (Å²) in [4.78, 5) is 21.9. The van der Waals surface area contributed by atoms with Crippen LogP contribution in [0.25, 0.3) is 0 Å². The Morgan fingerprint density at radius 3 is 2.39 bits per heavy atom. The fourth-order valence-corrected chi connectivity index (χ4v) is 8.50. The van der Waals surface area contributed by atoms with Gasteiger partial charge in [0.2, 0.25) is 0 Å². The van der Waals surface area contributed by atoms with Crippen LogP contribution in [0, 0.1) is 40.4 Å². The average molecular weight is 433 g/mol. The SMILES string of the molecule is CO/N=C(/C)[C@H]1/C(=N\OC)C[C@H]2[C@@H]3CC[C@@H]4C[C@H](OC(C)=O)CC[C@]4(C)[C@H]3CC[C@]12C. The van der Waals surface area contributed by atoms with Gasteiger partial charge < -0.3 is 14.4 Å². The molecule has 0 aliphatic heterocycles. The second-order valence-corrected chi connectivity index (χ2v) is 11.0. The predicted octanol–water partition coefficient (Wildman–Crippen LogP) is 5.21. The molecule has 6 nitrogen and oxygen atoms in total. The van der Waals surface area contributed by atoms with Gasteiger partial charge in [-0.3, -0.25) is 4.79 Å². The Labute approximate surface area is 187 Å². The Morgan fingerprint density at radius 1 is 0.968 bits per heavy atom. The highest BCUT2D eigenvalue weighted by molar-refractivity contribution is 6.08. The van der Waals surface area contributed by atoms with Gasteiger partial charge in [-0.15, -0.1) is 0 Å². The molecule has 4 aliphatic carbocycles. The van der Waals surface area contributed by atoms with Crippen LogP contribution in [0.3, 0.4) is 0 Å². The van der Waals surface area contributed by atoms with Crippen molar-refractivity contribution in [3.05, 3.63) is 0 Å². The molecule has 0 unspecified atom stereocenters. The number of ether oxygens (including phenoxy) is 1. The zero-order valence-corrected chi connectivity index (χ0v) is 20.1. The molecular weight excluding hydrogens is 392 g/mol. The molecule has 4 aliphatic rings. The van der Waals surface area contributed by atoms with Crippen molar-refractivity contribution < 1.29 is 19.2 Å². The molecule has 0 bridgehead atoms. The van der Waals surface area contributed by atoms with Crippen molar-refractivity contribution in [3.63, 3.8) is 0 Å². The van der Waals surface area contributed by atoms with E-state index in [1.807, 2.05) is 0 Å². The first-order valence-electron chi connectivity index (χ1n) is 12.1. The van der Waals surface area contributed by atoms with E-state index in [4.69, 9.17) is 14.4 Å². The van der Waals surface area contributed by atoms with Gasteiger partial charge in [0.1, 0.15) is 20.3 Å². The molecule has 31 heavy (non-hydrogen) atoms. The molecule has 0 N–H and O–H groups in total. The molecule has 0 amide bonds. The quantitative estimate of drug-likeness (QED) is 0.347. The van der Waals surface area contributed by atoms with Gasteiger partial charge in [-0.25, -0.2) is 0 Å². The highest BCUT2D eigenvalue weighted by Gasteiger charge is 2.62. The maximum atomic E-state index is 11.5. The fraction of sp³-hybridized carbons (Fsp3) is 0.880. The summed E-state index contributed by atoms with van der Waals surface area (Å²) in [6.07, 6.45) is 9.32. The molecule has 174 valence electrons. The van der Waals surface area contributed by atoms with E-state index < -0.39 is 0 Å². The Hall–Kier alpha value is -1.59. The van der Waals surface area contributed by atoms with Gasteiger partial charge in [-0.1, -0.05) is 24.2 Å². The molecule has 0 spiro atoms. The van der Waals surface area contributed by atoms with Crippen molar-refractivity contribution in [2.75, 3.05) is 14.2 Å². The summed E-state index contributed by atoms with van der Waals surface area (Å²) in [7, 11) is 3.27. The van der Waals surface area contributed by atoms with E-state index in [0.717, 1.165) is 36.6 Å². The minimum absolute atomic E-state index is 0.116. The molecule has 4 fully saturated rings. The number of fused-ring (bicyclic) bond motifs is 5. The van der Waals surface area contributed by atoms with Crippen LogP contribution in [0.4, 0.5) is 0 Å². The second kappa shape index (κ2) is 8.40. The van der Waals surface area contributed by atoms with Crippen LogP contribution < -0.4 is 0 Å². The van der Waals surface area contributed by atoms with Crippen molar-refractivity contribution in [1.29, 1.82) is 0 Å². The lowest BCUT2D eigenvalue weighted by Gasteiger charge is -2.60. The van der Waals surface area contributed by atoms with Crippen molar-refractivity contribution in [2.24, 2.45) is 50.7 Å². The van der Waals surface area contributed by atoms with Gasteiger partial charge >= 0.3 is 5.97 Å². The zero-order chi connectivity index (χ0) is 22.4. The van der Waals surface area contributed by atoms with Gasteiger partial charge in [-0.05, 0) is 92.8 Å². The lowest BCUT2D eigenvalue weighted by atomic mass is 9.44. The van der Waals surface area contributed by atoms with Crippen molar-refractivity contribution in [1.82, 2.24) is 0 Å². The normalized spacial score (nSPS) is 46.0.